The second kappa shape index (κ2) is 5.97. The first-order valence-electron chi connectivity index (χ1n) is 9.95. The first-order chi connectivity index (χ1) is 12.3. The molecule has 2 saturated carbocycles. The zero-order valence-electron chi connectivity index (χ0n) is 16.3. The van der Waals surface area contributed by atoms with Gasteiger partial charge in [0, 0.05) is 31.1 Å². The number of carbonyl (C=O) groups is 2. The summed E-state index contributed by atoms with van der Waals surface area (Å²) in [4.78, 5) is 24.6. The van der Waals surface area contributed by atoms with E-state index in [4.69, 9.17) is 9.47 Å². The molecule has 4 nitrogen and oxygen atoms in total. The van der Waals surface area contributed by atoms with Gasteiger partial charge in [0.1, 0.15) is 11.9 Å². The number of methoxy groups -OCH3 is 1. The SMILES string of the molecule is COC1=CC2=CC[C@@H]3[C@H]([C@@H](OC(C)=O)C[C@]4(C)C(=O)CC[C@@H]34)[C@@]2(C)CC1. The van der Waals surface area contributed by atoms with Gasteiger partial charge in [-0.25, -0.2) is 0 Å². The molecule has 0 aromatic carbocycles. The quantitative estimate of drug-likeness (QED) is 0.694. The van der Waals surface area contributed by atoms with E-state index in [0.29, 0.717) is 30.5 Å². The zero-order valence-corrected chi connectivity index (χ0v) is 16.3. The van der Waals surface area contributed by atoms with Gasteiger partial charge >= 0.3 is 5.97 Å². The van der Waals surface area contributed by atoms with Crippen LogP contribution in [0.4, 0.5) is 0 Å². The van der Waals surface area contributed by atoms with Crippen molar-refractivity contribution in [2.45, 2.75) is 65.4 Å². The molecular weight excluding hydrogens is 328 g/mol. The third kappa shape index (κ3) is 2.40. The summed E-state index contributed by atoms with van der Waals surface area (Å²) in [5.41, 5.74) is 0.982. The molecule has 6 atom stereocenters. The van der Waals surface area contributed by atoms with Crippen LogP contribution in [0.5, 0.6) is 0 Å². The summed E-state index contributed by atoms with van der Waals surface area (Å²) in [6.07, 6.45) is 9.62. The summed E-state index contributed by atoms with van der Waals surface area (Å²) in [5, 5.41) is 0. The Bertz CT molecular complexity index is 705. The summed E-state index contributed by atoms with van der Waals surface area (Å²) in [6, 6.07) is 0. The lowest BCUT2D eigenvalue weighted by molar-refractivity contribution is -0.172. The van der Waals surface area contributed by atoms with E-state index in [1.165, 1.54) is 12.5 Å². The number of carbonyl (C=O) groups excluding carboxylic acids is 2. The number of fused-ring (bicyclic) bond motifs is 5. The van der Waals surface area contributed by atoms with Crippen molar-refractivity contribution in [3.63, 3.8) is 0 Å². The van der Waals surface area contributed by atoms with E-state index in [1.807, 2.05) is 0 Å². The highest BCUT2D eigenvalue weighted by molar-refractivity contribution is 5.87. The largest absolute Gasteiger partial charge is 0.501 e. The maximum Gasteiger partial charge on any atom is 0.302 e. The summed E-state index contributed by atoms with van der Waals surface area (Å²) < 4.78 is 11.4. The minimum Gasteiger partial charge on any atom is -0.501 e. The van der Waals surface area contributed by atoms with Gasteiger partial charge in [-0.2, -0.15) is 0 Å². The third-order valence-electron chi connectivity index (χ3n) is 7.93. The summed E-state index contributed by atoms with van der Waals surface area (Å²) in [6.45, 7) is 5.94. The number of hydrogen-bond acceptors (Lipinski definition) is 4. The molecule has 0 radical (unpaired) electrons. The molecule has 4 rings (SSSR count). The fourth-order valence-electron chi connectivity index (χ4n) is 6.65. The van der Waals surface area contributed by atoms with Crippen LogP contribution >= 0.6 is 0 Å². The number of allylic oxidation sites excluding steroid dienone is 4. The average molecular weight is 358 g/mol. The predicted octanol–water partition coefficient (Wildman–Crippen LogP) is 4.20. The van der Waals surface area contributed by atoms with Crippen molar-refractivity contribution in [2.24, 2.45) is 28.6 Å². The van der Waals surface area contributed by atoms with Crippen molar-refractivity contribution >= 4 is 11.8 Å². The Morgan fingerprint density at radius 1 is 1.23 bits per heavy atom. The molecule has 0 aromatic rings. The van der Waals surface area contributed by atoms with Crippen molar-refractivity contribution in [3.05, 3.63) is 23.5 Å². The lowest BCUT2D eigenvalue weighted by atomic mass is 9.48. The van der Waals surface area contributed by atoms with Crippen molar-refractivity contribution in [1.82, 2.24) is 0 Å². The standard InChI is InChI=1S/C22H30O4/c1-13(23)26-18-12-22(3)17(7-8-19(22)24)16-6-5-14-11-15(25-4)9-10-21(14,2)20(16)18/h5,11,16-18,20H,6-10,12H2,1-4H3/t16-,17-,18-,20+,21-,22-/m0/s1. The van der Waals surface area contributed by atoms with Gasteiger partial charge in [0.05, 0.1) is 12.9 Å². The van der Waals surface area contributed by atoms with Crippen molar-refractivity contribution < 1.29 is 19.1 Å². The van der Waals surface area contributed by atoms with Crippen LogP contribution in [0.3, 0.4) is 0 Å². The Morgan fingerprint density at radius 2 is 2.00 bits per heavy atom. The van der Waals surface area contributed by atoms with E-state index in [2.05, 4.69) is 26.0 Å². The van der Waals surface area contributed by atoms with E-state index < -0.39 is 0 Å². The first-order valence-corrected chi connectivity index (χ1v) is 9.95. The highest BCUT2D eigenvalue weighted by atomic mass is 16.5. The topological polar surface area (TPSA) is 52.6 Å². The van der Waals surface area contributed by atoms with Crippen LogP contribution in [-0.4, -0.2) is 25.0 Å². The summed E-state index contributed by atoms with van der Waals surface area (Å²) >= 11 is 0. The van der Waals surface area contributed by atoms with Crippen molar-refractivity contribution in [2.75, 3.05) is 7.11 Å². The van der Waals surface area contributed by atoms with Crippen LogP contribution in [0, 0.1) is 28.6 Å². The van der Waals surface area contributed by atoms with Crippen LogP contribution in [-0.2, 0) is 19.1 Å². The maximum atomic E-state index is 12.7. The van der Waals surface area contributed by atoms with Crippen LogP contribution in [0.1, 0.15) is 59.3 Å². The van der Waals surface area contributed by atoms with Crippen LogP contribution in [0.25, 0.3) is 0 Å². The summed E-state index contributed by atoms with van der Waals surface area (Å²) in [5.74, 6) is 2.27. The molecule has 0 bridgehead atoms. The second-order valence-electron chi connectivity index (χ2n) is 9.15. The fourth-order valence-corrected chi connectivity index (χ4v) is 6.65. The van der Waals surface area contributed by atoms with Gasteiger partial charge in [-0.15, -0.1) is 0 Å². The maximum absolute atomic E-state index is 12.7. The second-order valence-corrected chi connectivity index (χ2v) is 9.15. The molecule has 0 amide bonds. The molecule has 0 spiro atoms. The Morgan fingerprint density at radius 3 is 2.69 bits per heavy atom. The Balaban J connectivity index is 1.78. The molecule has 0 heterocycles. The van der Waals surface area contributed by atoms with E-state index in [-0.39, 0.29) is 28.8 Å². The van der Waals surface area contributed by atoms with Gasteiger partial charge < -0.3 is 9.47 Å². The van der Waals surface area contributed by atoms with Crippen molar-refractivity contribution in [3.8, 4) is 0 Å². The molecule has 26 heavy (non-hydrogen) atoms. The van der Waals surface area contributed by atoms with Crippen LogP contribution in [0.15, 0.2) is 23.5 Å². The van der Waals surface area contributed by atoms with Crippen LogP contribution in [0.2, 0.25) is 0 Å². The lowest BCUT2D eigenvalue weighted by Crippen LogP contribution is -2.56. The Kier molecular flexibility index (Phi) is 4.09. The van der Waals surface area contributed by atoms with Gasteiger partial charge in [-0.3, -0.25) is 9.59 Å². The molecule has 0 aromatic heterocycles. The molecule has 4 heteroatoms. The molecule has 2 fully saturated rings. The van der Waals surface area contributed by atoms with Crippen LogP contribution < -0.4 is 0 Å². The lowest BCUT2D eigenvalue weighted by Gasteiger charge is -2.57. The molecule has 0 N–H and O–H groups in total. The molecule has 0 saturated heterocycles. The van der Waals surface area contributed by atoms with E-state index in [9.17, 15) is 9.59 Å². The number of esters is 1. The fraction of sp³-hybridized carbons (Fsp3) is 0.727. The summed E-state index contributed by atoms with van der Waals surface area (Å²) in [7, 11) is 1.73. The van der Waals surface area contributed by atoms with Gasteiger partial charge in [0.15, 0.2) is 0 Å². The van der Waals surface area contributed by atoms with Gasteiger partial charge in [-0.1, -0.05) is 19.9 Å². The Labute approximate surface area is 156 Å². The van der Waals surface area contributed by atoms with E-state index in [0.717, 1.165) is 31.4 Å². The van der Waals surface area contributed by atoms with Gasteiger partial charge in [0.2, 0.25) is 0 Å². The minimum atomic E-state index is -0.328. The Hall–Kier alpha value is -1.58. The minimum absolute atomic E-state index is 0.0158. The highest BCUT2D eigenvalue weighted by Crippen LogP contribution is 2.64. The van der Waals surface area contributed by atoms with E-state index >= 15 is 0 Å². The predicted molar refractivity (Wildman–Crippen MR) is 98.1 cm³/mol. The zero-order chi connectivity index (χ0) is 18.7. The molecule has 4 aliphatic rings. The first kappa shape index (κ1) is 17.8. The number of ether oxygens (including phenoxy) is 2. The van der Waals surface area contributed by atoms with Crippen molar-refractivity contribution in [1.29, 1.82) is 0 Å². The number of hydrogen-bond donors (Lipinski definition) is 0. The third-order valence-corrected chi connectivity index (χ3v) is 7.93. The molecule has 0 unspecified atom stereocenters. The van der Waals surface area contributed by atoms with E-state index in [1.54, 1.807) is 7.11 Å². The normalized spacial score (nSPS) is 44.2. The van der Waals surface area contributed by atoms with Gasteiger partial charge in [-0.05, 0) is 54.6 Å². The molecule has 4 aliphatic carbocycles. The van der Waals surface area contributed by atoms with Gasteiger partial charge in [0.25, 0.3) is 0 Å². The molecule has 142 valence electrons. The monoisotopic (exact) mass is 358 g/mol. The molecular formula is C22H30O4. The number of rotatable bonds is 2. The smallest absolute Gasteiger partial charge is 0.302 e. The number of Topliss-reactive ketones (excluding diaryl/α,β-unsaturated/α-hetero) is 1. The average Bonchev–Trinajstić information content (AvgIpc) is 2.88. The highest BCUT2D eigenvalue weighted by Gasteiger charge is 2.62. The number of ketones is 1. The molecule has 0 aliphatic heterocycles.